The molecule has 1 aromatic heterocycles. The van der Waals surface area contributed by atoms with Gasteiger partial charge in [-0.05, 0) is 45.6 Å². The number of aromatic nitrogens is 1. The lowest BCUT2D eigenvalue weighted by molar-refractivity contribution is 0.0165. The molecule has 0 unspecified atom stereocenters. The number of piperidine rings is 1. The predicted octanol–water partition coefficient (Wildman–Crippen LogP) is 2.69. The Bertz CT molecular complexity index is 506. The maximum atomic E-state index is 12.0. The highest BCUT2D eigenvalue weighted by atomic mass is 16.6. The van der Waals surface area contributed by atoms with E-state index in [-0.39, 0.29) is 6.09 Å². The average molecular weight is 307 g/mol. The van der Waals surface area contributed by atoms with Gasteiger partial charge in [0, 0.05) is 25.4 Å². The number of carbonyl (C=O) groups excluding carboxylic acids is 1. The molecule has 1 saturated heterocycles. The summed E-state index contributed by atoms with van der Waals surface area (Å²) in [7, 11) is 0. The molecule has 0 saturated carbocycles. The molecule has 0 atom stereocenters. The van der Waals surface area contributed by atoms with Gasteiger partial charge >= 0.3 is 6.09 Å². The third-order valence-electron chi connectivity index (χ3n) is 3.50. The Labute approximate surface area is 131 Å². The Morgan fingerprint density at radius 1 is 1.41 bits per heavy atom. The number of nitrogens with zero attached hydrogens (tertiary/aromatic N) is 2. The smallest absolute Gasteiger partial charge is 0.410 e. The molecule has 2 rings (SSSR count). The van der Waals surface area contributed by atoms with Crippen LogP contribution in [0.5, 0.6) is 5.75 Å². The van der Waals surface area contributed by atoms with Gasteiger partial charge < -0.3 is 20.1 Å². The van der Waals surface area contributed by atoms with Crippen LogP contribution in [0.15, 0.2) is 18.3 Å². The second kappa shape index (κ2) is 6.85. The third kappa shape index (κ3) is 5.09. The highest BCUT2D eigenvalue weighted by Gasteiger charge is 2.27. The van der Waals surface area contributed by atoms with E-state index in [1.807, 2.05) is 20.8 Å². The molecule has 0 aromatic carbocycles. The molecule has 2 N–H and O–H groups in total. The van der Waals surface area contributed by atoms with Gasteiger partial charge in [0.2, 0.25) is 0 Å². The second-order valence-electron chi connectivity index (χ2n) is 6.64. The van der Waals surface area contributed by atoms with Crippen molar-refractivity contribution in [3.05, 3.63) is 18.3 Å². The molecule has 0 spiro atoms. The van der Waals surface area contributed by atoms with Crippen LogP contribution >= 0.6 is 0 Å². The van der Waals surface area contributed by atoms with Gasteiger partial charge in [0.05, 0.1) is 6.61 Å². The molecule has 122 valence electrons. The number of nitrogens with two attached hydrogens (primary N) is 1. The lowest BCUT2D eigenvalue weighted by Crippen LogP contribution is -2.42. The topological polar surface area (TPSA) is 77.7 Å². The van der Waals surface area contributed by atoms with Crippen molar-refractivity contribution < 1.29 is 14.3 Å². The van der Waals surface area contributed by atoms with Crippen molar-refractivity contribution in [2.75, 3.05) is 25.4 Å². The van der Waals surface area contributed by atoms with E-state index < -0.39 is 5.60 Å². The number of likely N-dealkylation sites (tertiary alicyclic amines) is 1. The van der Waals surface area contributed by atoms with Crippen LogP contribution in [0, 0.1) is 5.92 Å². The average Bonchev–Trinajstić information content (AvgIpc) is 2.44. The van der Waals surface area contributed by atoms with Crippen molar-refractivity contribution in [1.82, 2.24) is 9.88 Å². The normalized spacial score (nSPS) is 16.4. The van der Waals surface area contributed by atoms with E-state index in [1.165, 1.54) is 0 Å². The van der Waals surface area contributed by atoms with E-state index in [2.05, 4.69) is 4.98 Å². The highest BCUT2D eigenvalue weighted by molar-refractivity contribution is 5.68. The number of anilines is 1. The van der Waals surface area contributed by atoms with Crippen LogP contribution in [-0.2, 0) is 4.74 Å². The number of pyridine rings is 1. The molecule has 1 amide bonds. The van der Waals surface area contributed by atoms with Crippen LogP contribution in [0.2, 0.25) is 0 Å². The van der Waals surface area contributed by atoms with Crippen LogP contribution in [0.1, 0.15) is 33.6 Å². The van der Waals surface area contributed by atoms with Crippen molar-refractivity contribution in [2.45, 2.75) is 39.2 Å². The third-order valence-corrected chi connectivity index (χ3v) is 3.50. The van der Waals surface area contributed by atoms with Gasteiger partial charge in [0.15, 0.2) is 0 Å². The van der Waals surface area contributed by atoms with Gasteiger partial charge in [-0.15, -0.1) is 0 Å². The van der Waals surface area contributed by atoms with Crippen LogP contribution in [0.25, 0.3) is 0 Å². The summed E-state index contributed by atoms with van der Waals surface area (Å²) in [5, 5.41) is 0. The van der Waals surface area contributed by atoms with Crippen molar-refractivity contribution in [1.29, 1.82) is 0 Å². The summed E-state index contributed by atoms with van der Waals surface area (Å²) in [5.41, 5.74) is 5.17. The Hall–Kier alpha value is -1.98. The fourth-order valence-electron chi connectivity index (χ4n) is 2.34. The quantitative estimate of drug-likeness (QED) is 0.929. The summed E-state index contributed by atoms with van der Waals surface area (Å²) in [5.74, 6) is 1.63. The fourth-order valence-corrected chi connectivity index (χ4v) is 2.34. The van der Waals surface area contributed by atoms with Crippen LogP contribution < -0.4 is 10.5 Å². The van der Waals surface area contributed by atoms with Crippen molar-refractivity contribution >= 4 is 11.9 Å². The maximum absolute atomic E-state index is 12.0. The minimum Gasteiger partial charge on any atom is -0.493 e. The fraction of sp³-hybridized carbons (Fsp3) is 0.625. The lowest BCUT2D eigenvalue weighted by Gasteiger charge is -2.33. The van der Waals surface area contributed by atoms with E-state index in [1.54, 1.807) is 23.2 Å². The number of amides is 1. The number of nitrogen functional groups attached to an aromatic ring is 1. The van der Waals surface area contributed by atoms with E-state index in [9.17, 15) is 4.79 Å². The summed E-state index contributed by atoms with van der Waals surface area (Å²) < 4.78 is 11.1. The number of carbonyl (C=O) groups is 1. The molecule has 2 heterocycles. The largest absolute Gasteiger partial charge is 0.493 e. The molecule has 0 aliphatic carbocycles. The first-order chi connectivity index (χ1) is 10.3. The summed E-state index contributed by atoms with van der Waals surface area (Å²) in [4.78, 5) is 17.7. The zero-order chi connectivity index (χ0) is 16.2. The van der Waals surface area contributed by atoms with Crippen LogP contribution in [-0.4, -0.2) is 41.3 Å². The first kappa shape index (κ1) is 16.4. The maximum Gasteiger partial charge on any atom is 0.410 e. The molecule has 1 aromatic rings. The van der Waals surface area contributed by atoms with Crippen LogP contribution in [0.3, 0.4) is 0 Å². The van der Waals surface area contributed by atoms with E-state index >= 15 is 0 Å². The van der Waals surface area contributed by atoms with Gasteiger partial charge in [-0.25, -0.2) is 9.78 Å². The number of rotatable bonds is 3. The first-order valence-electron chi connectivity index (χ1n) is 7.66. The van der Waals surface area contributed by atoms with E-state index in [4.69, 9.17) is 15.2 Å². The number of ether oxygens (including phenoxy) is 2. The molecule has 0 radical (unpaired) electrons. The molecule has 6 nitrogen and oxygen atoms in total. The van der Waals surface area contributed by atoms with E-state index in [0.717, 1.165) is 18.6 Å². The van der Waals surface area contributed by atoms with Crippen LogP contribution in [0.4, 0.5) is 10.6 Å². The molecule has 1 fully saturated rings. The minimum atomic E-state index is -0.446. The first-order valence-corrected chi connectivity index (χ1v) is 7.66. The molecule has 22 heavy (non-hydrogen) atoms. The standard InChI is InChI=1S/C16H25N3O3/c1-16(2,3)22-15(20)19-8-5-12(6-9-19)11-21-13-4-7-18-14(17)10-13/h4,7,10,12H,5-6,8-9,11H2,1-3H3,(H2,17,18). The molecule has 0 bridgehead atoms. The Morgan fingerprint density at radius 2 is 2.09 bits per heavy atom. The lowest BCUT2D eigenvalue weighted by atomic mass is 9.98. The summed E-state index contributed by atoms with van der Waals surface area (Å²) >= 11 is 0. The Kier molecular flexibility index (Phi) is 5.11. The van der Waals surface area contributed by atoms with Crippen molar-refractivity contribution in [3.63, 3.8) is 0 Å². The SMILES string of the molecule is CC(C)(C)OC(=O)N1CCC(COc2ccnc(N)c2)CC1. The van der Waals surface area contributed by atoms with Gasteiger partial charge in [-0.2, -0.15) is 0 Å². The van der Waals surface area contributed by atoms with E-state index in [0.29, 0.717) is 31.4 Å². The van der Waals surface area contributed by atoms with Gasteiger partial charge in [-0.1, -0.05) is 0 Å². The number of hydrogen-bond acceptors (Lipinski definition) is 5. The highest BCUT2D eigenvalue weighted by Crippen LogP contribution is 2.21. The zero-order valence-corrected chi connectivity index (χ0v) is 13.5. The molecular formula is C16H25N3O3. The monoisotopic (exact) mass is 307 g/mol. The molecule has 1 aliphatic rings. The molecular weight excluding hydrogens is 282 g/mol. The minimum absolute atomic E-state index is 0.228. The van der Waals surface area contributed by atoms with Crippen molar-refractivity contribution in [2.24, 2.45) is 5.92 Å². The zero-order valence-electron chi connectivity index (χ0n) is 13.5. The summed E-state index contributed by atoms with van der Waals surface area (Å²) in [6.45, 7) is 7.69. The second-order valence-corrected chi connectivity index (χ2v) is 6.64. The summed E-state index contributed by atoms with van der Waals surface area (Å²) in [6.07, 6.45) is 3.24. The number of hydrogen-bond donors (Lipinski definition) is 1. The van der Waals surface area contributed by atoms with Gasteiger partial charge in [-0.3, -0.25) is 0 Å². The molecule has 1 aliphatic heterocycles. The Balaban J connectivity index is 1.74. The van der Waals surface area contributed by atoms with Gasteiger partial charge in [0.1, 0.15) is 17.2 Å². The van der Waals surface area contributed by atoms with Gasteiger partial charge in [0.25, 0.3) is 0 Å². The van der Waals surface area contributed by atoms with Crippen molar-refractivity contribution in [3.8, 4) is 5.75 Å². The molecule has 6 heteroatoms. The summed E-state index contributed by atoms with van der Waals surface area (Å²) in [6, 6.07) is 3.52. The predicted molar refractivity (Wildman–Crippen MR) is 84.7 cm³/mol. The Morgan fingerprint density at radius 3 is 2.68 bits per heavy atom.